The van der Waals surface area contributed by atoms with Crippen LogP contribution in [-0.2, 0) is 38.5 Å². The van der Waals surface area contributed by atoms with E-state index in [0.29, 0.717) is 0 Å². The first-order chi connectivity index (χ1) is 22.9. The van der Waals surface area contributed by atoms with Crippen LogP contribution in [0.5, 0.6) is 0 Å². The molecular formula is C45H70N2. The van der Waals surface area contributed by atoms with Crippen molar-refractivity contribution in [3.05, 3.63) is 86.0 Å². The highest BCUT2D eigenvalue weighted by atomic mass is 15.2. The average Bonchev–Trinajstić information content (AvgIpc) is 3.38. The van der Waals surface area contributed by atoms with Crippen LogP contribution >= 0.6 is 0 Å². The van der Waals surface area contributed by atoms with Crippen molar-refractivity contribution in [1.29, 1.82) is 0 Å². The van der Waals surface area contributed by atoms with Crippen molar-refractivity contribution in [2.24, 2.45) is 0 Å². The van der Waals surface area contributed by atoms with E-state index in [1.807, 2.05) is 0 Å². The molecule has 0 bridgehead atoms. The zero-order valence-corrected chi connectivity index (χ0v) is 31.8. The molecule has 260 valence electrons. The fraction of sp³-hybridized carbons (Fsp3) is 0.644. The lowest BCUT2D eigenvalue weighted by Crippen LogP contribution is -2.08. The van der Waals surface area contributed by atoms with Crippen LogP contribution in [0.3, 0.4) is 0 Å². The molecule has 1 heterocycles. The van der Waals surface area contributed by atoms with Gasteiger partial charge in [-0.1, -0.05) is 112 Å². The monoisotopic (exact) mass is 639 g/mol. The Morgan fingerprint density at radius 2 is 0.872 bits per heavy atom. The number of rotatable bonds is 24. The topological polar surface area (TPSA) is 25.3 Å². The number of allylic oxidation sites excluding steroid dienone is 2. The van der Waals surface area contributed by atoms with Crippen LogP contribution < -0.4 is 0 Å². The van der Waals surface area contributed by atoms with Gasteiger partial charge in [0.1, 0.15) is 0 Å². The zero-order valence-electron chi connectivity index (χ0n) is 31.8. The Balaban J connectivity index is 2.00. The van der Waals surface area contributed by atoms with Crippen LogP contribution in [0, 0.1) is 0 Å². The molecule has 0 spiro atoms. The second-order valence-corrected chi connectivity index (χ2v) is 14.4. The molecule has 2 aromatic carbocycles. The first-order valence-corrected chi connectivity index (χ1v) is 20.1. The third kappa shape index (κ3) is 11.3. The third-order valence-corrected chi connectivity index (χ3v) is 10.4. The van der Waals surface area contributed by atoms with Crippen molar-refractivity contribution in [2.45, 2.75) is 190 Å². The Morgan fingerprint density at radius 3 is 1.38 bits per heavy atom. The molecule has 0 aliphatic carbocycles. The number of nitrogens with zero attached hydrogens (tertiary/aromatic N) is 2. The number of hydrogen-bond donors (Lipinski definition) is 0. The van der Waals surface area contributed by atoms with Gasteiger partial charge in [0.2, 0.25) is 11.4 Å². The van der Waals surface area contributed by atoms with Crippen LogP contribution in [-0.4, -0.2) is 4.70 Å². The molecule has 0 aromatic heterocycles. The van der Waals surface area contributed by atoms with E-state index < -0.39 is 0 Å². The summed E-state index contributed by atoms with van der Waals surface area (Å²) in [7, 11) is 0. The molecule has 2 heteroatoms. The fourth-order valence-electron chi connectivity index (χ4n) is 7.65. The molecule has 0 saturated carbocycles. The van der Waals surface area contributed by atoms with E-state index in [1.165, 1.54) is 143 Å². The highest BCUT2D eigenvalue weighted by molar-refractivity contribution is 5.79. The largest absolute Gasteiger partial charge is 0.493 e. The van der Waals surface area contributed by atoms with Gasteiger partial charge in [-0.05, 0) is 135 Å². The molecule has 0 atom stereocenters. The molecule has 2 nitrogen and oxygen atoms in total. The van der Waals surface area contributed by atoms with Gasteiger partial charge in [0.15, 0.2) is 0 Å². The van der Waals surface area contributed by atoms with Gasteiger partial charge in [-0.15, -0.1) is 0 Å². The molecule has 1 aliphatic rings. The zero-order chi connectivity index (χ0) is 34.0. The molecule has 0 amide bonds. The Bertz CT molecular complexity index is 1320. The SMILES string of the molecule is CCCCCCCCc1cc(C2=C(C)C=C(c3cc(CCCC)c(CC)c(CCCCCC)c3)[N+]2=[N-])cc(CCCC)c1CCCC. The summed E-state index contributed by atoms with van der Waals surface area (Å²) in [6, 6.07) is 9.71. The molecule has 0 N–H and O–H groups in total. The normalized spacial score (nSPS) is 13.3. The maximum absolute atomic E-state index is 12.0. The van der Waals surface area contributed by atoms with Gasteiger partial charge in [0, 0.05) is 22.8 Å². The van der Waals surface area contributed by atoms with E-state index in [2.05, 4.69) is 78.8 Å². The van der Waals surface area contributed by atoms with Crippen molar-refractivity contribution in [3.63, 3.8) is 0 Å². The van der Waals surface area contributed by atoms with E-state index in [4.69, 9.17) is 0 Å². The predicted molar refractivity (Wildman–Crippen MR) is 207 cm³/mol. The quantitative estimate of drug-likeness (QED) is 0.0807. The predicted octanol–water partition coefficient (Wildman–Crippen LogP) is 14.1. The van der Waals surface area contributed by atoms with Crippen molar-refractivity contribution in [3.8, 4) is 0 Å². The number of unbranched alkanes of at least 4 members (excludes halogenated alkanes) is 11. The van der Waals surface area contributed by atoms with E-state index in [0.717, 1.165) is 49.1 Å². The smallest absolute Gasteiger partial charge is 0.210 e. The molecular weight excluding hydrogens is 569 g/mol. The lowest BCUT2D eigenvalue weighted by Gasteiger charge is -2.19. The molecule has 2 aromatic rings. The second kappa shape index (κ2) is 21.5. The summed E-state index contributed by atoms with van der Waals surface area (Å²) < 4.78 is 1.54. The summed E-state index contributed by atoms with van der Waals surface area (Å²) in [6.45, 7) is 16.0. The molecule has 0 saturated heterocycles. The van der Waals surface area contributed by atoms with E-state index in [-0.39, 0.29) is 0 Å². The Kier molecular flexibility index (Phi) is 17.8. The van der Waals surface area contributed by atoms with Gasteiger partial charge >= 0.3 is 0 Å². The number of aryl methyl sites for hydroxylation is 4. The van der Waals surface area contributed by atoms with E-state index >= 15 is 0 Å². The third-order valence-electron chi connectivity index (χ3n) is 10.4. The van der Waals surface area contributed by atoms with E-state index in [9.17, 15) is 5.53 Å². The Labute approximate surface area is 291 Å². The van der Waals surface area contributed by atoms with Crippen LogP contribution in [0.2, 0.25) is 0 Å². The van der Waals surface area contributed by atoms with Crippen molar-refractivity contribution in [2.75, 3.05) is 0 Å². The molecule has 47 heavy (non-hydrogen) atoms. The van der Waals surface area contributed by atoms with Crippen LogP contribution in [0.4, 0.5) is 0 Å². The van der Waals surface area contributed by atoms with Crippen LogP contribution in [0.15, 0.2) is 35.9 Å². The van der Waals surface area contributed by atoms with E-state index in [1.54, 1.807) is 15.8 Å². The van der Waals surface area contributed by atoms with Gasteiger partial charge in [-0.3, -0.25) is 0 Å². The maximum atomic E-state index is 12.0. The summed E-state index contributed by atoms with van der Waals surface area (Å²) in [5, 5.41) is 0. The second-order valence-electron chi connectivity index (χ2n) is 14.4. The summed E-state index contributed by atoms with van der Waals surface area (Å²) >= 11 is 0. The van der Waals surface area contributed by atoms with Crippen LogP contribution in [0.1, 0.15) is 196 Å². The summed E-state index contributed by atoms with van der Waals surface area (Å²) in [4.78, 5) is 0. The van der Waals surface area contributed by atoms with Crippen molar-refractivity contribution < 1.29 is 4.70 Å². The lowest BCUT2D eigenvalue weighted by molar-refractivity contribution is -0.344. The fourth-order valence-corrected chi connectivity index (χ4v) is 7.65. The highest BCUT2D eigenvalue weighted by Crippen LogP contribution is 2.38. The minimum absolute atomic E-state index is 0.940. The molecule has 0 unspecified atom stereocenters. The van der Waals surface area contributed by atoms with Gasteiger partial charge < -0.3 is 5.53 Å². The minimum Gasteiger partial charge on any atom is -0.493 e. The van der Waals surface area contributed by atoms with Crippen LogP contribution in [0.25, 0.3) is 16.9 Å². The van der Waals surface area contributed by atoms with Gasteiger partial charge in [0.05, 0.1) is 0 Å². The van der Waals surface area contributed by atoms with Gasteiger partial charge in [0.25, 0.3) is 0 Å². The number of hydrogen-bond acceptors (Lipinski definition) is 0. The summed E-state index contributed by atoms with van der Waals surface area (Å²) in [5.74, 6) is 0. The molecule has 0 radical (unpaired) electrons. The highest BCUT2D eigenvalue weighted by Gasteiger charge is 2.29. The van der Waals surface area contributed by atoms with Crippen molar-refractivity contribution >= 4 is 11.4 Å². The van der Waals surface area contributed by atoms with Crippen molar-refractivity contribution in [1.82, 2.24) is 0 Å². The van der Waals surface area contributed by atoms with Gasteiger partial charge in [-0.2, -0.15) is 0 Å². The molecule has 0 fully saturated rings. The summed E-state index contributed by atoms with van der Waals surface area (Å²) in [6.07, 6.45) is 29.4. The first kappa shape index (κ1) is 39.0. The van der Waals surface area contributed by atoms with Gasteiger partial charge in [-0.25, -0.2) is 4.70 Å². The molecule has 3 rings (SSSR count). The minimum atomic E-state index is 0.940. The first-order valence-electron chi connectivity index (χ1n) is 20.1. The Morgan fingerprint density at radius 1 is 0.468 bits per heavy atom. The Hall–Kier alpha value is -2.48. The summed E-state index contributed by atoms with van der Waals surface area (Å²) in [5.41, 5.74) is 26.7. The maximum Gasteiger partial charge on any atom is 0.210 e. The number of benzene rings is 2. The molecule has 1 aliphatic heterocycles. The average molecular weight is 639 g/mol. The standard InChI is InChI=1S/C45H70N2/c1-8-14-19-21-22-24-28-39-34-41(33-38(26-17-11-4)43(39)29-18-12-5)45-35(7)30-44(47(45)46)40-31-36(25-16-10-3)42(13-6)37(32-40)27-23-20-15-9-2/h30-34H,8-29H2,1-7H3. The lowest BCUT2D eigenvalue weighted by atomic mass is 9.87.